The van der Waals surface area contributed by atoms with Gasteiger partial charge in [0.25, 0.3) is 0 Å². The number of imidazole rings is 1. The summed E-state index contributed by atoms with van der Waals surface area (Å²) in [6.07, 6.45) is 4.77. The molecule has 1 fully saturated rings. The van der Waals surface area contributed by atoms with Crippen LogP contribution in [0.25, 0.3) is 11.2 Å². The Hall–Kier alpha value is -3.20. The molecule has 3 heterocycles. The summed E-state index contributed by atoms with van der Waals surface area (Å²) < 4.78 is 7.96. The van der Waals surface area contributed by atoms with Crippen LogP contribution in [-0.2, 0) is 4.74 Å². The first-order valence-electron chi connectivity index (χ1n) is 11.0. The monoisotopic (exact) mass is 437 g/mol. The van der Waals surface area contributed by atoms with Crippen LogP contribution in [0, 0.1) is 5.41 Å². The molecule has 3 aromatic rings. The summed E-state index contributed by atoms with van der Waals surface area (Å²) in [5, 5.41) is 6.73. The second-order valence-electron chi connectivity index (χ2n) is 9.34. The van der Waals surface area contributed by atoms with Gasteiger partial charge in [0, 0.05) is 23.9 Å². The number of carbonyl (C=O) groups excluding carboxylic acids is 1. The Balaban J connectivity index is 1.76. The van der Waals surface area contributed by atoms with Crippen molar-refractivity contribution >= 4 is 34.5 Å². The molecule has 1 aliphatic rings. The van der Waals surface area contributed by atoms with Gasteiger partial charge in [-0.1, -0.05) is 26.8 Å². The van der Waals surface area contributed by atoms with E-state index in [1.54, 1.807) is 24.5 Å². The third-order valence-electron chi connectivity index (χ3n) is 5.94. The van der Waals surface area contributed by atoms with Crippen LogP contribution in [0.5, 0.6) is 0 Å². The van der Waals surface area contributed by atoms with Gasteiger partial charge in [0.05, 0.1) is 6.33 Å². The van der Waals surface area contributed by atoms with Crippen LogP contribution < -0.4 is 16.4 Å². The topological polar surface area (TPSA) is 120 Å². The van der Waals surface area contributed by atoms with Crippen molar-refractivity contribution in [1.29, 1.82) is 0 Å². The number of nitrogens with one attached hydrogen (secondary N) is 2. The van der Waals surface area contributed by atoms with Crippen LogP contribution in [0.3, 0.4) is 0 Å². The SMILES string of the molecule is C[C@@H](Nc1nc(Nc2cccc(C(N)=O)c2)nc2c1ncn2C1CCCCO1)C(C)(C)C. The van der Waals surface area contributed by atoms with Gasteiger partial charge in [0.2, 0.25) is 11.9 Å². The van der Waals surface area contributed by atoms with E-state index in [4.69, 9.17) is 20.4 Å². The van der Waals surface area contributed by atoms with E-state index in [0.29, 0.717) is 34.2 Å². The first kappa shape index (κ1) is 22.0. The Morgan fingerprint density at radius 3 is 2.78 bits per heavy atom. The molecule has 0 radical (unpaired) electrons. The lowest BCUT2D eigenvalue weighted by molar-refractivity contribution is -0.0298. The minimum atomic E-state index is -0.487. The first-order chi connectivity index (χ1) is 15.2. The summed E-state index contributed by atoms with van der Waals surface area (Å²) >= 11 is 0. The van der Waals surface area contributed by atoms with Gasteiger partial charge in [-0.25, -0.2) is 4.98 Å². The van der Waals surface area contributed by atoms with Crippen LogP contribution >= 0.6 is 0 Å². The number of benzene rings is 1. The summed E-state index contributed by atoms with van der Waals surface area (Å²) in [5.41, 5.74) is 7.94. The molecule has 9 nitrogen and oxygen atoms in total. The lowest BCUT2D eigenvalue weighted by Crippen LogP contribution is -2.31. The molecule has 4 rings (SSSR count). The van der Waals surface area contributed by atoms with E-state index >= 15 is 0 Å². The molecule has 1 aromatic carbocycles. The average molecular weight is 438 g/mol. The fraction of sp³-hybridized carbons (Fsp3) is 0.478. The molecule has 1 saturated heterocycles. The first-order valence-corrected chi connectivity index (χ1v) is 11.0. The summed E-state index contributed by atoms with van der Waals surface area (Å²) in [6, 6.07) is 7.10. The Morgan fingerprint density at radius 1 is 1.28 bits per heavy atom. The van der Waals surface area contributed by atoms with Crippen LogP contribution in [0.2, 0.25) is 0 Å². The molecule has 170 valence electrons. The van der Waals surface area contributed by atoms with Gasteiger partial charge in [-0.15, -0.1) is 0 Å². The molecule has 0 aliphatic carbocycles. The van der Waals surface area contributed by atoms with E-state index in [1.807, 2.05) is 10.6 Å². The lowest BCUT2D eigenvalue weighted by atomic mass is 9.88. The number of anilines is 3. The number of carbonyl (C=O) groups is 1. The predicted octanol–water partition coefficient (Wildman–Crippen LogP) is 4.21. The quantitative estimate of drug-likeness (QED) is 0.528. The largest absolute Gasteiger partial charge is 0.366 e. The summed E-state index contributed by atoms with van der Waals surface area (Å²) in [7, 11) is 0. The van der Waals surface area contributed by atoms with E-state index in [-0.39, 0.29) is 17.7 Å². The van der Waals surface area contributed by atoms with Gasteiger partial charge in [-0.3, -0.25) is 9.36 Å². The van der Waals surface area contributed by atoms with Crippen molar-refractivity contribution < 1.29 is 9.53 Å². The fourth-order valence-corrected chi connectivity index (χ4v) is 3.53. The van der Waals surface area contributed by atoms with Crippen molar-refractivity contribution in [2.75, 3.05) is 17.2 Å². The molecule has 1 unspecified atom stereocenters. The third kappa shape index (κ3) is 4.67. The molecule has 2 atom stereocenters. The van der Waals surface area contributed by atoms with Crippen molar-refractivity contribution in [2.45, 2.75) is 59.2 Å². The number of nitrogens with zero attached hydrogens (tertiary/aromatic N) is 4. The zero-order chi connectivity index (χ0) is 22.9. The highest BCUT2D eigenvalue weighted by molar-refractivity contribution is 5.94. The maximum absolute atomic E-state index is 11.6. The number of nitrogens with two attached hydrogens (primary N) is 1. The highest BCUT2D eigenvalue weighted by Gasteiger charge is 2.25. The molecular weight excluding hydrogens is 406 g/mol. The second-order valence-corrected chi connectivity index (χ2v) is 9.34. The maximum Gasteiger partial charge on any atom is 0.248 e. The second kappa shape index (κ2) is 8.74. The predicted molar refractivity (Wildman–Crippen MR) is 125 cm³/mol. The van der Waals surface area contributed by atoms with Gasteiger partial charge in [-0.2, -0.15) is 9.97 Å². The minimum absolute atomic E-state index is 0.0235. The number of hydrogen-bond acceptors (Lipinski definition) is 7. The number of rotatable bonds is 6. The van der Waals surface area contributed by atoms with Crippen molar-refractivity contribution in [1.82, 2.24) is 19.5 Å². The normalized spacial score (nSPS) is 17.8. The van der Waals surface area contributed by atoms with Gasteiger partial charge in [0.15, 0.2) is 17.0 Å². The zero-order valence-corrected chi connectivity index (χ0v) is 19.1. The van der Waals surface area contributed by atoms with E-state index in [2.05, 4.69) is 43.3 Å². The molecular formula is C23H31N7O2. The molecule has 2 aromatic heterocycles. The highest BCUT2D eigenvalue weighted by atomic mass is 16.5. The molecule has 32 heavy (non-hydrogen) atoms. The number of hydrogen-bond donors (Lipinski definition) is 3. The summed E-state index contributed by atoms with van der Waals surface area (Å²) in [5.74, 6) is 0.569. The van der Waals surface area contributed by atoms with E-state index in [9.17, 15) is 4.79 Å². The molecule has 0 saturated carbocycles. The Kier molecular flexibility index (Phi) is 6.01. The lowest BCUT2D eigenvalue weighted by Gasteiger charge is -2.28. The molecule has 0 bridgehead atoms. The van der Waals surface area contributed by atoms with Crippen molar-refractivity contribution in [3.8, 4) is 0 Å². The van der Waals surface area contributed by atoms with E-state index < -0.39 is 5.91 Å². The number of amides is 1. The number of fused-ring (bicyclic) bond motifs is 1. The standard InChI is InChI=1S/C23H31N7O2/c1-14(23(2,3)4)26-20-18-21(30(13-25-18)17-10-5-6-11-32-17)29-22(28-20)27-16-9-7-8-15(12-16)19(24)31/h7-9,12-14,17H,5-6,10-11H2,1-4H3,(H2,24,31)(H2,26,27,28,29)/t14-,17?/m1/s1. The zero-order valence-electron chi connectivity index (χ0n) is 19.1. The van der Waals surface area contributed by atoms with Crippen LogP contribution in [0.4, 0.5) is 17.5 Å². The van der Waals surface area contributed by atoms with Crippen LogP contribution in [-0.4, -0.2) is 38.1 Å². The van der Waals surface area contributed by atoms with Crippen LogP contribution in [0.15, 0.2) is 30.6 Å². The Labute approximate surface area is 187 Å². The average Bonchev–Trinajstić information content (AvgIpc) is 3.18. The smallest absolute Gasteiger partial charge is 0.248 e. The Bertz CT molecular complexity index is 1110. The molecule has 1 amide bonds. The van der Waals surface area contributed by atoms with Crippen molar-refractivity contribution in [3.05, 3.63) is 36.2 Å². The maximum atomic E-state index is 11.6. The van der Waals surface area contributed by atoms with Gasteiger partial charge in [-0.05, 0) is 49.8 Å². The van der Waals surface area contributed by atoms with Crippen LogP contribution in [0.1, 0.15) is 63.5 Å². The Morgan fingerprint density at radius 2 is 2.09 bits per heavy atom. The van der Waals surface area contributed by atoms with Crippen molar-refractivity contribution in [2.24, 2.45) is 11.1 Å². The summed E-state index contributed by atoms with van der Waals surface area (Å²) in [6.45, 7) is 9.37. The molecule has 0 spiro atoms. The van der Waals surface area contributed by atoms with Gasteiger partial charge in [0.1, 0.15) is 6.23 Å². The van der Waals surface area contributed by atoms with Gasteiger partial charge >= 0.3 is 0 Å². The summed E-state index contributed by atoms with van der Waals surface area (Å²) in [4.78, 5) is 25.7. The number of ether oxygens (including phenoxy) is 1. The number of aromatic nitrogens is 4. The third-order valence-corrected chi connectivity index (χ3v) is 5.94. The highest BCUT2D eigenvalue weighted by Crippen LogP contribution is 2.31. The van der Waals surface area contributed by atoms with E-state index in [0.717, 1.165) is 25.9 Å². The molecule has 9 heteroatoms. The fourth-order valence-electron chi connectivity index (χ4n) is 3.53. The van der Waals surface area contributed by atoms with Gasteiger partial charge < -0.3 is 21.1 Å². The van der Waals surface area contributed by atoms with E-state index in [1.165, 1.54) is 0 Å². The molecule has 1 aliphatic heterocycles. The molecule has 4 N–H and O–H groups in total. The van der Waals surface area contributed by atoms with Crippen molar-refractivity contribution in [3.63, 3.8) is 0 Å². The minimum Gasteiger partial charge on any atom is -0.366 e. The number of primary amides is 1.